The summed E-state index contributed by atoms with van der Waals surface area (Å²) in [6, 6.07) is 19.3. The highest BCUT2D eigenvalue weighted by molar-refractivity contribution is 6.12. The van der Waals surface area contributed by atoms with E-state index in [4.69, 9.17) is 10.1 Å². The molecule has 1 N–H and O–H groups in total. The third-order valence-corrected chi connectivity index (χ3v) is 6.37. The first-order valence-electron chi connectivity index (χ1n) is 11.8. The summed E-state index contributed by atoms with van der Waals surface area (Å²) in [7, 11) is 1.95. The van der Waals surface area contributed by atoms with Crippen molar-refractivity contribution in [1.29, 1.82) is 5.26 Å². The Morgan fingerprint density at radius 2 is 1.69 bits per heavy atom. The maximum absolute atomic E-state index is 9.50. The number of nitrogens with zero attached hydrogens (tertiary/aromatic N) is 5. The zero-order valence-electron chi connectivity index (χ0n) is 20.7. The minimum Gasteiger partial charge on any atom is -0.382 e. The highest BCUT2D eigenvalue weighted by atomic mass is 15.3. The van der Waals surface area contributed by atoms with Crippen LogP contribution in [-0.4, -0.2) is 25.8 Å². The van der Waals surface area contributed by atoms with Gasteiger partial charge in [-0.3, -0.25) is 14.6 Å². The lowest BCUT2D eigenvalue weighted by atomic mass is 9.86. The highest BCUT2D eigenvalue weighted by Gasteiger charge is 2.21. The summed E-state index contributed by atoms with van der Waals surface area (Å²) in [5.41, 5.74) is 7.37. The van der Waals surface area contributed by atoms with Crippen LogP contribution < -0.4 is 5.32 Å². The molecule has 5 rings (SSSR count). The number of hydrogen-bond acceptors (Lipinski definition) is 5. The standard InChI is InChI=1S/C29H28N6/c1-18(2)33-23-12-21(14-31-15-23)20-8-11-25-24(13-20)27-26(16-32-25)35(5)34-28(27)19-6-9-22(10-7-19)29(3,4)17-30/h6-16,18,33H,1-5H3. The number of pyridine rings is 2. The van der Waals surface area contributed by atoms with Crippen LogP contribution in [0.5, 0.6) is 0 Å². The fraction of sp³-hybridized carbons (Fsp3) is 0.241. The average Bonchev–Trinajstić information content (AvgIpc) is 3.20. The van der Waals surface area contributed by atoms with Crippen LogP contribution in [0.1, 0.15) is 33.3 Å². The van der Waals surface area contributed by atoms with E-state index in [1.165, 1.54) is 0 Å². The van der Waals surface area contributed by atoms with E-state index in [9.17, 15) is 5.26 Å². The van der Waals surface area contributed by atoms with Crippen molar-refractivity contribution in [3.8, 4) is 28.5 Å². The molecule has 174 valence electrons. The lowest BCUT2D eigenvalue weighted by Crippen LogP contribution is -2.13. The first kappa shape index (κ1) is 22.5. The van der Waals surface area contributed by atoms with Crippen molar-refractivity contribution in [3.05, 3.63) is 72.7 Å². The first-order valence-corrected chi connectivity index (χ1v) is 11.8. The number of anilines is 1. The largest absolute Gasteiger partial charge is 0.382 e. The molecule has 0 unspecified atom stereocenters. The first-order chi connectivity index (χ1) is 16.8. The molecule has 5 aromatic rings. The van der Waals surface area contributed by atoms with Crippen molar-refractivity contribution in [3.63, 3.8) is 0 Å². The summed E-state index contributed by atoms with van der Waals surface area (Å²) in [5, 5.41) is 19.9. The maximum Gasteiger partial charge on any atom is 0.101 e. The van der Waals surface area contributed by atoms with Crippen LogP contribution >= 0.6 is 0 Å². The Labute approximate surface area is 205 Å². The van der Waals surface area contributed by atoms with Crippen molar-refractivity contribution in [2.45, 2.75) is 39.2 Å². The number of fused-ring (bicyclic) bond motifs is 3. The van der Waals surface area contributed by atoms with Gasteiger partial charge < -0.3 is 5.32 Å². The van der Waals surface area contributed by atoms with Crippen LogP contribution in [0, 0.1) is 11.3 Å². The van der Waals surface area contributed by atoms with E-state index >= 15 is 0 Å². The van der Waals surface area contributed by atoms with Gasteiger partial charge in [-0.2, -0.15) is 10.4 Å². The summed E-state index contributed by atoms with van der Waals surface area (Å²) >= 11 is 0. The number of nitriles is 1. The topological polar surface area (TPSA) is 79.4 Å². The van der Waals surface area contributed by atoms with Gasteiger partial charge in [0.05, 0.1) is 34.4 Å². The van der Waals surface area contributed by atoms with Gasteiger partial charge >= 0.3 is 0 Å². The van der Waals surface area contributed by atoms with Gasteiger partial charge in [0, 0.05) is 47.4 Å². The van der Waals surface area contributed by atoms with Crippen LogP contribution in [0.3, 0.4) is 0 Å². The molecule has 0 aliphatic heterocycles. The third kappa shape index (κ3) is 4.10. The van der Waals surface area contributed by atoms with E-state index in [2.05, 4.69) is 66.6 Å². The summed E-state index contributed by atoms with van der Waals surface area (Å²) in [6.45, 7) is 8.09. The molecular formula is C29H28N6. The smallest absolute Gasteiger partial charge is 0.101 e. The average molecular weight is 461 g/mol. The highest BCUT2D eigenvalue weighted by Crippen LogP contribution is 2.36. The quantitative estimate of drug-likeness (QED) is 0.325. The van der Waals surface area contributed by atoms with Gasteiger partial charge in [-0.05, 0) is 57.0 Å². The van der Waals surface area contributed by atoms with E-state index in [1.54, 1.807) is 0 Å². The lowest BCUT2D eigenvalue weighted by molar-refractivity contribution is 0.687. The molecule has 3 heterocycles. The normalized spacial score (nSPS) is 11.8. The molecule has 0 bridgehead atoms. The lowest BCUT2D eigenvalue weighted by Gasteiger charge is -2.15. The van der Waals surface area contributed by atoms with Crippen LogP contribution in [0.2, 0.25) is 0 Å². The molecule has 6 nitrogen and oxygen atoms in total. The van der Waals surface area contributed by atoms with Gasteiger partial charge in [-0.1, -0.05) is 30.3 Å². The van der Waals surface area contributed by atoms with Crippen molar-refractivity contribution in [2.75, 3.05) is 5.32 Å². The van der Waals surface area contributed by atoms with E-state index in [-0.39, 0.29) is 0 Å². The number of aryl methyl sites for hydroxylation is 1. The molecule has 0 fully saturated rings. The molecule has 0 amide bonds. The van der Waals surface area contributed by atoms with Gasteiger partial charge in [0.25, 0.3) is 0 Å². The number of aromatic nitrogens is 4. The van der Waals surface area contributed by atoms with E-state index in [0.717, 1.165) is 55.4 Å². The van der Waals surface area contributed by atoms with Crippen molar-refractivity contribution < 1.29 is 0 Å². The van der Waals surface area contributed by atoms with Gasteiger partial charge in [0.2, 0.25) is 0 Å². The summed E-state index contributed by atoms with van der Waals surface area (Å²) in [4.78, 5) is 9.14. The van der Waals surface area contributed by atoms with Crippen LogP contribution in [0.25, 0.3) is 44.2 Å². The van der Waals surface area contributed by atoms with E-state index in [0.29, 0.717) is 6.04 Å². The number of rotatable bonds is 5. The molecule has 0 saturated carbocycles. The third-order valence-electron chi connectivity index (χ3n) is 6.37. The second kappa shape index (κ2) is 8.52. The summed E-state index contributed by atoms with van der Waals surface area (Å²) in [6.07, 6.45) is 5.62. The van der Waals surface area contributed by atoms with Crippen molar-refractivity contribution >= 4 is 27.5 Å². The van der Waals surface area contributed by atoms with Crippen LogP contribution in [0.4, 0.5) is 5.69 Å². The van der Waals surface area contributed by atoms with E-state index < -0.39 is 5.41 Å². The molecule has 0 spiro atoms. The van der Waals surface area contributed by atoms with Gasteiger partial charge in [-0.15, -0.1) is 0 Å². The molecule has 0 aliphatic rings. The molecule has 0 radical (unpaired) electrons. The second-order valence-corrected chi connectivity index (χ2v) is 9.80. The molecule has 0 atom stereocenters. The summed E-state index contributed by atoms with van der Waals surface area (Å²) in [5.74, 6) is 0. The zero-order valence-corrected chi connectivity index (χ0v) is 20.7. The Morgan fingerprint density at radius 3 is 2.40 bits per heavy atom. The molecule has 3 aromatic heterocycles. The van der Waals surface area contributed by atoms with Gasteiger partial charge in [0.1, 0.15) is 5.69 Å². The van der Waals surface area contributed by atoms with Crippen LogP contribution in [0.15, 0.2) is 67.1 Å². The van der Waals surface area contributed by atoms with Gasteiger partial charge in [-0.25, -0.2) is 0 Å². The zero-order chi connectivity index (χ0) is 24.7. The van der Waals surface area contributed by atoms with Crippen LogP contribution in [-0.2, 0) is 12.5 Å². The van der Waals surface area contributed by atoms with Crippen molar-refractivity contribution in [2.24, 2.45) is 7.05 Å². The minimum atomic E-state index is -0.538. The van der Waals surface area contributed by atoms with Gasteiger partial charge in [0.15, 0.2) is 0 Å². The predicted molar refractivity (Wildman–Crippen MR) is 142 cm³/mol. The minimum absolute atomic E-state index is 0.329. The maximum atomic E-state index is 9.50. The summed E-state index contributed by atoms with van der Waals surface area (Å²) < 4.78 is 1.88. The Bertz CT molecular complexity index is 1590. The fourth-order valence-corrected chi connectivity index (χ4v) is 4.43. The Hall–Kier alpha value is -4.24. The second-order valence-electron chi connectivity index (χ2n) is 9.80. The number of benzene rings is 2. The molecule has 0 saturated heterocycles. The Morgan fingerprint density at radius 1 is 0.943 bits per heavy atom. The monoisotopic (exact) mass is 460 g/mol. The van der Waals surface area contributed by atoms with E-state index in [1.807, 2.05) is 56.3 Å². The fourth-order valence-electron chi connectivity index (χ4n) is 4.43. The predicted octanol–water partition coefficient (Wildman–Crippen LogP) is 6.47. The number of hydrogen-bond donors (Lipinski definition) is 1. The Balaban J connectivity index is 1.67. The molecule has 6 heteroatoms. The SMILES string of the molecule is CC(C)Nc1cncc(-c2ccc3ncc4c(c(-c5ccc(C(C)(C)C#N)cc5)nn4C)c3c2)c1. The Kier molecular flexibility index (Phi) is 5.49. The van der Waals surface area contributed by atoms with Crippen molar-refractivity contribution in [1.82, 2.24) is 19.7 Å². The molecule has 35 heavy (non-hydrogen) atoms. The molecular weight excluding hydrogens is 432 g/mol. The number of nitrogens with one attached hydrogen (secondary N) is 1. The molecule has 0 aliphatic carbocycles. The molecule has 2 aromatic carbocycles.